The maximum atomic E-state index is 13.8. The number of likely N-dealkylation sites (tertiary alicyclic amines) is 1. The molecule has 2 amide bonds. The van der Waals surface area contributed by atoms with Crippen molar-refractivity contribution in [2.24, 2.45) is 32.0 Å². The van der Waals surface area contributed by atoms with E-state index in [0.717, 1.165) is 0 Å². The van der Waals surface area contributed by atoms with E-state index in [2.05, 4.69) is 32.1 Å². The molecule has 0 aromatic heterocycles. The smallest absolute Gasteiger partial charge is 0.415 e. The van der Waals surface area contributed by atoms with Gasteiger partial charge in [0, 0.05) is 19.2 Å². The van der Waals surface area contributed by atoms with E-state index in [4.69, 9.17) is 21.1 Å². The van der Waals surface area contributed by atoms with Gasteiger partial charge >= 0.3 is 6.09 Å². The molecule has 1 fully saturated rings. The van der Waals surface area contributed by atoms with Crippen molar-refractivity contribution >= 4 is 35.0 Å². The van der Waals surface area contributed by atoms with Crippen LogP contribution in [0.5, 0.6) is 5.75 Å². The van der Waals surface area contributed by atoms with Crippen molar-refractivity contribution in [1.82, 2.24) is 4.90 Å². The third-order valence-electron chi connectivity index (χ3n) is 7.56. The Kier molecular flexibility index (Phi) is 8.19. The first kappa shape index (κ1) is 29.4. The minimum absolute atomic E-state index is 0.0776. The van der Waals surface area contributed by atoms with Gasteiger partial charge in [-0.25, -0.2) is 9.18 Å². The molecular weight excluding hydrogens is 567 g/mol. The molecule has 4 aliphatic rings. The van der Waals surface area contributed by atoms with Crippen molar-refractivity contribution < 1.29 is 23.5 Å². The Labute approximate surface area is 247 Å². The van der Waals surface area contributed by atoms with Crippen molar-refractivity contribution in [2.75, 3.05) is 29.9 Å². The highest BCUT2D eigenvalue weighted by Gasteiger charge is 2.42. The van der Waals surface area contributed by atoms with Crippen molar-refractivity contribution in [3.8, 4) is 11.8 Å². The van der Waals surface area contributed by atoms with E-state index in [1.54, 1.807) is 43.9 Å². The number of nitriles is 1. The SMILES string of the molecule is CC(C)(C)OC(=O)N1CC(C(=O)N2CCC(C#N)(CC3C=CC(F)=CC3)CC2)Oc2cc(NC3N=NN=N3)c(Cl)cc21. The van der Waals surface area contributed by atoms with Gasteiger partial charge in [-0.15, -0.1) is 10.2 Å². The van der Waals surface area contributed by atoms with Gasteiger partial charge in [-0.3, -0.25) is 9.69 Å². The summed E-state index contributed by atoms with van der Waals surface area (Å²) in [7, 11) is 0. The van der Waals surface area contributed by atoms with Crippen molar-refractivity contribution in [2.45, 2.75) is 64.4 Å². The maximum absolute atomic E-state index is 13.8. The fourth-order valence-corrected chi connectivity index (χ4v) is 5.62. The molecule has 222 valence electrons. The molecule has 0 spiro atoms. The number of hydrogen-bond donors (Lipinski definition) is 1. The normalized spacial score (nSPS) is 23.1. The summed E-state index contributed by atoms with van der Waals surface area (Å²) in [6.07, 6.45) is 4.50. The topological polar surface area (TPSA) is 144 Å². The number of anilines is 2. The summed E-state index contributed by atoms with van der Waals surface area (Å²) < 4.78 is 25.2. The van der Waals surface area contributed by atoms with Crippen LogP contribution >= 0.6 is 11.6 Å². The minimum atomic E-state index is -1.02. The van der Waals surface area contributed by atoms with E-state index in [1.807, 2.05) is 6.08 Å². The Morgan fingerprint density at radius 3 is 2.60 bits per heavy atom. The van der Waals surface area contributed by atoms with Gasteiger partial charge in [0.1, 0.15) is 17.2 Å². The van der Waals surface area contributed by atoms with E-state index in [1.165, 1.54) is 11.0 Å². The molecule has 3 aliphatic heterocycles. The van der Waals surface area contributed by atoms with Crippen LogP contribution in [-0.2, 0) is 9.53 Å². The molecule has 1 N–H and O–H groups in total. The predicted molar refractivity (Wildman–Crippen MR) is 151 cm³/mol. The van der Waals surface area contributed by atoms with Gasteiger partial charge in [0.25, 0.3) is 12.2 Å². The predicted octanol–water partition coefficient (Wildman–Crippen LogP) is 6.32. The highest BCUT2D eigenvalue weighted by Crippen LogP contribution is 2.43. The molecule has 42 heavy (non-hydrogen) atoms. The molecule has 0 radical (unpaired) electrons. The van der Waals surface area contributed by atoms with Crippen LogP contribution in [0.4, 0.5) is 20.6 Å². The Balaban J connectivity index is 1.33. The summed E-state index contributed by atoms with van der Waals surface area (Å²) in [4.78, 5) is 30.0. The summed E-state index contributed by atoms with van der Waals surface area (Å²) in [6, 6.07) is 5.60. The average Bonchev–Trinajstić information content (AvgIpc) is 3.46. The quantitative estimate of drug-likeness (QED) is 0.420. The number of ether oxygens (including phenoxy) is 2. The molecule has 0 bridgehead atoms. The molecule has 3 heterocycles. The Bertz CT molecular complexity index is 1400. The molecule has 12 nitrogen and oxygen atoms in total. The van der Waals surface area contributed by atoms with Crippen LogP contribution in [0.1, 0.15) is 46.5 Å². The van der Waals surface area contributed by atoms with Gasteiger partial charge in [-0.05, 0) is 81.0 Å². The standard InChI is InChI=1S/C28H32ClFN8O4/c1-27(2,3)42-26(40)38-15-23(41-22-13-20(19(29)12-21(22)38)32-25-33-35-36-34-25)24(39)37-10-8-28(16-31,9-11-37)14-17-4-6-18(30)7-5-17/h4,6-7,12-13,17,23,25,32H,5,8-11,14-15H2,1-3H3. The second-order valence-electron chi connectivity index (χ2n) is 11.8. The highest BCUT2D eigenvalue weighted by atomic mass is 35.5. The molecule has 1 aliphatic carbocycles. The van der Waals surface area contributed by atoms with E-state index >= 15 is 0 Å². The number of amides is 2. The number of rotatable bonds is 5. The van der Waals surface area contributed by atoms with E-state index in [0.29, 0.717) is 50.1 Å². The second-order valence-corrected chi connectivity index (χ2v) is 12.2. The molecular formula is C28H32ClFN8O4. The number of nitrogens with one attached hydrogen (secondary N) is 1. The zero-order valence-electron chi connectivity index (χ0n) is 23.6. The molecule has 1 aromatic carbocycles. The summed E-state index contributed by atoms with van der Waals surface area (Å²) in [5.74, 6) is -0.233. The van der Waals surface area contributed by atoms with Gasteiger partial charge in [0.05, 0.1) is 34.4 Å². The number of benzene rings is 1. The van der Waals surface area contributed by atoms with E-state index in [9.17, 15) is 19.2 Å². The first-order chi connectivity index (χ1) is 19.9. The fourth-order valence-electron chi connectivity index (χ4n) is 5.41. The lowest BCUT2D eigenvalue weighted by Crippen LogP contribution is -2.54. The van der Waals surface area contributed by atoms with Crippen molar-refractivity contribution in [3.05, 3.63) is 41.2 Å². The van der Waals surface area contributed by atoms with Gasteiger partial charge in [0.2, 0.25) is 0 Å². The number of nitrogens with zero attached hydrogens (tertiary/aromatic N) is 7. The lowest BCUT2D eigenvalue weighted by atomic mass is 9.72. The number of carbonyl (C=O) groups excluding carboxylic acids is 2. The van der Waals surface area contributed by atoms with Crippen LogP contribution in [0.2, 0.25) is 5.02 Å². The Hall–Kier alpha value is -4.05. The number of allylic oxidation sites excluding steroid dienone is 4. The first-order valence-electron chi connectivity index (χ1n) is 13.8. The van der Waals surface area contributed by atoms with Crippen LogP contribution in [0.15, 0.2) is 56.9 Å². The number of hydrogen-bond acceptors (Lipinski definition) is 10. The van der Waals surface area contributed by atoms with Crippen LogP contribution in [0.25, 0.3) is 0 Å². The van der Waals surface area contributed by atoms with E-state index in [-0.39, 0.29) is 35.0 Å². The van der Waals surface area contributed by atoms with Crippen LogP contribution in [-0.4, -0.2) is 54.5 Å². The Morgan fingerprint density at radius 1 is 1.26 bits per heavy atom. The third-order valence-corrected chi connectivity index (χ3v) is 7.87. The van der Waals surface area contributed by atoms with Crippen molar-refractivity contribution in [3.63, 3.8) is 0 Å². The molecule has 1 saturated heterocycles. The number of piperidine rings is 1. The molecule has 2 atom stereocenters. The fraction of sp³-hybridized carbons (Fsp3) is 0.536. The molecule has 2 unspecified atom stereocenters. The highest BCUT2D eigenvalue weighted by molar-refractivity contribution is 6.33. The molecule has 0 saturated carbocycles. The van der Waals surface area contributed by atoms with Gasteiger partial charge in [-0.2, -0.15) is 5.26 Å². The summed E-state index contributed by atoms with van der Waals surface area (Å²) >= 11 is 6.51. The summed E-state index contributed by atoms with van der Waals surface area (Å²) in [5, 5.41) is 27.9. The first-order valence-corrected chi connectivity index (χ1v) is 14.1. The lowest BCUT2D eigenvalue weighted by molar-refractivity contribution is -0.140. The largest absolute Gasteiger partial charge is 0.476 e. The number of halogens is 2. The zero-order valence-corrected chi connectivity index (χ0v) is 24.3. The molecule has 14 heteroatoms. The zero-order chi connectivity index (χ0) is 30.1. The van der Waals surface area contributed by atoms with Crippen molar-refractivity contribution in [1.29, 1.82) is 5.26 Å². The van der Waals surface area contributed by atoms with Gasteiger partial charge in [-0.1, -0.05) is 17.7 Å². The maximum Gasteiger partial charge on any atom is 0.415 e. The summed E-state index contributed by atoms with van der Waals surface area (Å²) in [5.41, 5.74) is -0.628. The lowest BCUT2D eigenvalue weighted by Gasteiger charge is -2.41. The average molecular weight is 599 g/mol. The van der Waals surface area contributed by atoms with E-state index < -0.39 is 29.5 Å². The second kappa shape index (κ2) is 11.7. The van der Waals surface area contributed by atoms with Crippen LogP contribution < -0.4 is 15.0 Å². The van der Waals surface area contributed by atoms with Gasteiger partial charge in [0.15, 0.2) is 6.10 Å². The minimum Gasteiger partial charge on any atom is -0.476 e. The third kappa shape index (κ3) is 6.54. The molecule has 5 rings (SSSR count). The monoisotopic (exact) mass is 598 g/mol. The number of carbonyl (C=O) groups is 2. The van der Waals surface area contributed by atoms with Gasteiger partial charge < -0.3 is 19.7 Å². The Morgan fingerprint density at radius 2 is 1.98 bits per heavy atom. The summed E-state index contributed by atoms with van der Waals surface area (Å²) in [6.45, 7) is 5.90. The van der Waals surface area contributed by atoms with Crippen LogP contribution in [0, 0.1) is 22.7 Å². The molecule has 1 aromatic rings. The van der Waals surface area contributed by atoms with Crippen LogP contribution in [0.3, 0.4) is 0 Å². The number of fused-ring (bicyclic) bond motifs is 1.